The largest absolute Gasteiger partial charge is 0.451 e. The standard InChI is InChI=1S/C26H18ClN3O3S/c1-16-2-11-22-23(12-16)34-25(30-22)18-5-9-21(10-6-18)29-24(31)15-33-26(32)19(14-28)13-17-3-7-20(27)8-4-17/h2-13H,15H2,1H3,(H,29,31)/b19-13+. The molecule has 0 radical (unpaired) electrons. The number of aromatic nitrogens is 1. The van der Waals surface area contributed by atoms with E-state index in [1.807, 2.05) is 31.2 Å². The molecular formula is C26H18ClN3O3S. The minimum atomic E-state index is -0.881. The van der Waals surface area contributed by atoms with Gasteiger partial charge in [0.05, 0.1) is 10.2 Å². The van der Waals surface area contributed by atoms with Gasteiger partial charge in [-0.3, -0.25) is 4.79 Å². The highest BCUT2D eigenvalue weighted by Gasteiger charge is 2.14. The Morgan fingerprint density at radius 3 is 2.56 bits per heavy atom. The number of halogens is 1. The second kappa shape index (κ2) is 10.3. The molecule has 0 aliphatic carbocycles. The molecule has 0 saturated carbocycles. The molecular weight excluding hydrogens is 470 g/mol. The number of thiazole rings is 1. The van der Waals surface area contributed by atoms with Crippen LogP contribution in [0.5, 0.6) is 0 Å². The number of rotatable bonds is 6. The number of nitriles is 1. The lowest BCUT2D eigenvalue weighted by atomic mass is 10.1. The molecule has 1 N–H and O–H groups in total. The van der Waals surface area contributed by atoms with Crippen molar-refractivity contribution in [2.75, 3.05) is 11.9 Å². The molecule has 34 heavy (non-hydrogen) atoms. The third kappa shape index (κ3) is 5.67. The van der Waals surface area contributed by atoms with Gasteiger partial charge in [0.1, 0.15) is 16.6 Å². The number of hydrogen-bond acceptors (Lipinski definition) is 6. The molecule has 1 heterocycles. The Bertz CT molecular complexity index is 1440. The molecule has 0 unspecified atom stereocenters. The van der Waals surface area contributed by atoms with E-state index in [4.69, 9.17) is 16.3 Å². The molecule has 0 aliphatic rings. The zero-order valence-electron chi connectivity index (χ0n) is 18.0. The first kappa shape index (κ1) is 23.2. The van der Waals surface area contributed by atoms with Crippen LogP contribution in [0.3, 0.4) is 0 Å². The van der Waals surface area contributed by atoms with Gasteiger partial charge in [0.15, 0.2) is 6.61 Å². The van der Waals surface area contributed by atoms with Gasteiger partial charge in [-0.2, -0.15) is 5.26 Å². The third-order valence-corrected chi connectivity index (χ3v) is 6.13. The fourth-order valence-electron chi connectivity index (χ4n) is 3.12. The van der Waals surface area contributed by atoms with Crippen LogP contribution >= 0.6 is 22.9 Å². The fourth-order valence-corrected chi connectivity index (χ4v) is 4.32. The van der Waals surface area contributed by atoms with Crippen molar-refractivity contribution in [1.29, 1.82) is 5.26 Å². The molecule has 4 rings (SSSR count). The summed E-state index contributed by atoms with van der Waals surface area (Å²) in [5.41, 5.74) is 4.03. The van der Waals surface area contributed by atoms with Crippen molar-refractivity contribution < 1.29 is 14.3 Å². The zero-order chi connectivity index (χ0) is 24.1. The van der Waals surface area contributed by atoms with Crippen molar-refractivity contribution in [3.05, 3.63) is 88.5 Å². The highest BCUT2D eigenvalue weighted by atomic mass is 35.5. The molecule has 4 aromatic rings. The number of hydrogen-bond donors (Lipinski definition) is 1. The first-order chi connectivity index (χ1) is 16.4. The highest BCUT2D eigenvalue weighted by molar-refractivity contribution is 7.21. The molecule has 0 bridgehead atoms. The van der Waals surface area contributed by atoms with Crippen LogP contribution in [0, 0.1) is 18.3 Å². The molecule has 8 heteroatoms. The van der Waals surface area contributed by atoms with Crippen LogP contribution in [0.25, 0.3) is 26.9 Å². The molecule has 6 nitrogen and oxygen atoms in total. The number of anilines is 1. The SMILES string of the molecule is Cc1ccc2nc(-c3ccc(NC(=O)COC(=O)/C(C#N)=C/c4ccc(Cl)cc4)cc3)sc2c1. The van der Waals surface area contributed by atoms with E-state index in [2.05, 4.69) is 16.4 Å². The Hall–Kier alpha value is -3.99. The minimum Gasteiger partial charge on any atom is -0.451 e. The van der Waals surface area contributed by atoms with Gasteiger partial charge in [0.25, 0.3) is 5.91 Å². The molecule has 0 saturated heterocycles. The summed E-state index contributed by atoms with van der Waals surface area (Å²) in [6.07, 6.45) is 1.37. The number of carbonyl (C=O) groups excluding carboxylic acids is 2. The van der Waals surface area contributed by atoms with Crippen molar-refractivity contribution in [3.8, 4) is 16.6 Å². The van der Waals surface area contributed by atoms with Crippen molar-refractivity contribution in [2.45, 2.75) is 6.92 Å². The number of aryl methyl sites for hydroxylation is 1. The van der Waals surface area contributed by atoms with E-state index < -0.39 is 18.5 Å². The summed E-state index contributed by atoms with van der Waals surface area (Å²) in [5, 5.41) is 13.3. The van der Waals surface area contributed by atoms with Crippen molar-refractivity contribution in [3.63, 3.8) is 0 Å². The number of carbonyl (C=O) groups is 2. The summed E-state index contributed by atoms with van der Waals surface area (Å²) in [7, 11) is 0. The van der Waals surface area contributed by atoms with Crippen LogP contribution < -0.4 is 5.32 Å². The van der Waals surface area contributed by atoms with Gasteiger partial charge in [0, 0.05) is 16.3 Å². The van der Waals surface area contributed by atoms with Gasteiger partial charge >= 0.3 is 5.97 Å². The van der Waals surface area contributed by atoms with E-state index >= 15 is 0 Å². The molecule has 168 valence electrons. The second-order valence-electron chi connectivity index (χ2n) is 7.41. The van der Waals surface area contributed by atoms with Crippen molar-refractivity contribution >= 4 is 56.8 Å². The smallest absolute Gasteiger partial charge is 0.349 e. The van der Waals surface area contributed by atoms with Gasteiger partial charge in [-0.15, -0.1) is 11.3 Å². The lowest BCUT2D eigenvalue weighted by molar-refractivity contribution is -0.142. The molecule has 0 aliphatic heterocycles. The van der Waals surface area contributed by atoms with E-state index in [0.717, 1.165) is 20.8 Å². The number of esters is 1. The number of benzene rings is 3. The average Bonchev–Trinajstić information content (AvgIpc) is 3.26. The van der Waals surface area contributed by atoms with Crippen LogP contribution in [-0.4, -0.2) is 23.5 Å². The van der Waals surface area contributed by atoms with Crippen LogP contribution in [0.1, 0.15) is 11.1 Å². The molecule has 0 atom stereocenters. The van der Waals surface area contributed by atoms with Crippen LogP contribution in [0.15, 0.2) is 72.3 Å². The number of amides is 1. The quantitative estimate of drug-likeness (QED) is 0.204. The van der Waals surface area contributed by atoms with Crippen LogP contribution in [0.4, 0.5) is 5.69 Å². The van der Waals surface area contributed by atoms with Gasteiger partial charge in [0.2, 0.25) is 0 Å². The molecule has 3 aromatic carbocycles. The Kier molecular flexibility index (Phi) is 7.02. The third-order valence-electron chi connectivity index (χ3n) is 4.82. The van der Waals surface area contributed by atoms with E-state index in [-0.39, 0.29) is 5.57 Å². The normalized spacial score (nSPS) is 11.1. The Morgan fingerprint density at radius 2 is 1.85 bits per heavy atom. The van der Waals surface area contributed by atoms with Gasteiger partial charge in [-0.1, -0.05) is 29.8 Å². The number of ether oxygens (including phenoxy) is 1. The summed E-state index contributed by atoms with van der Waals surface area (Å²) in [6.45, 7) is 1.53. The van der Waals surface area contributed by atoms with Gasteiger partial charge < -0.3 is 10.1 Å². The summed E-state index contributed by atoms with van der Waals surface area (Å²) >= 11 is 7.44. The highest BCUT2D eigenvalue weighted by Crippen LogP contribution is 2.31. The second-order valence-corrected chi connectivity index (χ2v) is 8.88. The van der Waals surface area contributed by atoms with Crippen LogP contribution in [-0.2, 0) is 14.3 Å². The Morgan fingerprint density at radius 1 is 1.12 bits per heavy atom. The predicted octanol–water partition coefficient (Wildman–Crippen LogP) is 6.01. The first-order valence-corrected chi connectivity index (χ1v) is 11.4. The Labute approximate surface area is 205 Å². The first-order valence-electron chi connectivity index (χ1n) is 10.2. The summed E-state index contributed by atoms with van der Waals surface area (Å²) in [6, 6.07) is 21.8. The van der Waals surface area contributed by atoms with Gasteiger partial charge in [-0.25, -0.2) is 9.78 Å². The monoisotopic (exact) mass is 487 g/mol. The average molecular weight is 488 g/mol. The lowest BCUT2D eigenvalue weighted by Gasteiger charge is -2.07. The summed E-state index contributed by atoms with van der Waals surface area (Å²) in [5.74, 6) is -1.39. The molecule has 0 spiro atoms. The maximum Gasteiger partial charge on any atom is 0.349 e. The molecule has 1 aromatic heterocycles. The maximum absolute atomic E-state index is 12.2. The molecule has 1 amide bonds. The molecule has 0 fully saturated rings. The maximum atomic E-state index is 12.2. The van der Waals surface area contributed by atoms with E-state index in [1.54, 1.807) is 53.8 Å². The lowest BCUT2D eigenvalue weighted by Crippen LogP contribution is -2.21. The minimum absolute atomic E-state index is 0.217. The van der Waals surface area contributed by atoms with Gasteiger partial charge in [-0.05, 0) is 72.7 Å². The van der Waals surface area contributed by atoms with E-state index in [9.17, 15) is 14.9 Å². The van der Waals surface area contributed by atoms with E-state index in [0.29, 0.717) is 16.3 Å². The van der Waals surface area contributed by atoms with Crippen molar-refractivity contribution in [2.24, 2.45) is 0 Å². The van der Waals surface area contributed by atoms with E-state index in [1.165, 1.54) is 11.6 Å². The number of fused-ring (bicyclic) bond motifs is 1. The summed E-state index contributed by atoms with van der Waals surface area (Å²) in [4.78, 5) is 29.0. The predicted molar refractivity (Wildman–Crippen MR) is 134 cm³/mol. The van der Waals surface area contributed by atoms with Crippen molar-refractivity contribution in [1.82, 2.24) is 4.98 Å². The number of nitrogens with zero attached hydrogens (tertiary/aromatic N) is 2. The Balaban J connectivity index is 1.34. The fraction of sp³-hybridized carbons (Fsp3) is 0.0769. The van der Waals surface area contributed by atoms with Crippen LogP contribution in [0.2, 0.25) is 5.02 Å². The topological polar surface area (TPSA) is 92.1 Å². The number of nitrogens with one attached hydrogen (secondary N) is 1. The zero-order valence-corrected chi connectivity index (χ0v) is 19.6. The summed E-state index contributed by atoms with van der Waals surface area (Å²) < 4.78 is 6.11.